The van der Waals surface area contributed by atoms with Gasteiger partial charge in [0, 0.05) is 18.7 Å². The summed E-state index contributed by atoms with van der Waals surface area (Å²) >= 11 is 0. The van der Waals surface area contributed by atoms with Crippen LogP contribution in [-0.2, 0) is 26.2 Å². The Morgan fingerprint density at radius 2 is 1.72 bits per heavy atom. The lowest BCUT2D eigenvalue weighted by Gasteiger charge is -2.34. The number of rotatable bonds is 12. The molecule has 1 aliphatic rings. The molecule has 3 rings (SSSR count). The number of anilines is 1. The van der Waals surface area contributed by atoms with E-state index in [1.54, 1.807) is 12.1 Å². The number of carbonyl (C=O) groups is 2. The van der Waals surface area contributed by atoms with Gasteiger partial charge in [0.2, 0.25) is 21.8 Å². The summed E-state index contributed by atoms with van der Waals surface area (Å²) in [6.07, 6.45) is 6.61. The quantitative estimate of drug-likeness (QED) is 0.421. The highest BCUT2D eigenvalue weighted by Gasteiger charge is 2.33. The van der Waals surface area contributed by atoms with Crippen LogP contribution in [0.4, 0.5) is 5.69 Å². The maximum atomic E-state index is 13.9. The molecule has 2 aromatic carbocycles. The van der Waals surface area contributed by atoms with E-state index < -0.39 is 28.5 Å². The van der Waals surface area contributed by atoms with Crippen LogP contribution in [0.15, 0.2) is 42.5 Å². The normalized spacial score (nSPS) is 14.8. The summed E-state index contributed by atoms with van der Waals surface area (Å²) in [5.41, 5.74) is 2.16. The molecule has 0 saturated heterocycles. The summed E-state index contributed by atoms with van der Waals surface area (Å²) < 4.78 is 37.4. The summed E-state index contributed by atoms with van der Waals surface area (Å²) in [6.45, 7) is 3.55. The molecule has 1 N–H and O–H groups in total. The van der Waals surface area contributed by atoms with Crippen molar-refractivity contribution in [3.63, 3.8) is 0 Å². The van der Waals surface area contributed by atoms with E-state index >= 15 is 0 Å². The van der Waals surface area contributed by atoms with E-state index in [1.807, 2.05) is 38.1 Å². The largest absolute Gasteiger partial charge is 0.493 e. The summed E-state index contributed by atoms with van der Waals surface area (Å²) in [7, 11) is -0.913. The van der Waals surface area contributed by atoms with Gasteiger partial charge < -0.3 is 19.7 Å². The van der Waals surface area contributed by atoms with Gasteiger partial charge in [0.25, 0.3) is 0 Å². The topological polar surface area (TPSA) is 105 Å². The van der Waals surface area contributed by atoms with Crippen molar-refractivity contribution >= 4 is 27.5 Å². The highest BCUT2D eigenvalue weighted by Crippen LogP contribution is 2.32. The Bertz CT molecular complexity index is 1240. The second-order valence-corrected chi connectivity index (χ2v) is 12.0. The minimum atomic E-state index is -3.86. The lowest BCUT2D eigenvalue weighted by molar-refractivity contribution is -0.140. The van der Waals surface area contributed by atoms with Crippen molar-refractivity contribution in [2.24, 2.45) is 0 Å². The van der Waals surface area contributed by atoms with Crippen LogP contribution in [0.3, 0.4) is 0 Å². The molecule has 2 aromatic rings. The number of hydrogen-bond donors (Lipinski definition) is 1. The van der Waals surface area contributed by atoms with Crippen molar-refractivity contribution in [3.8, 4) is 11.5 Å². The van der Waals surface area contributed by atoms with Crippen molar-refractivity contribution in [2.75, 3.05) is 31.3 Å². The fourth-order valence-electron chi connectivity index (χ4n) is 5.06. The molecule has 9 nitrogen and oxygen atoms in total. The first-order chi connectivity index (χ1) is 18.6. The van der Waals surface area contributed by atoms with Crippen LogP contribution in [0, 0.1) is 6.92 Å². The summed E-state index contributed by atoms with van der Waals surface area (Å²) in [6, 6.07) is 11.8. The second kappa shape index (κ2) is 13.7. The third kappa shape index (κ3) is 8.11. The molecule has 1 fully saturated rings. The van der Waals surface area contributed by atoms with E-state index in [9.17, 15) is 18.0 Å². The summed E-state index contributed by atoms with van der Waals surface area (Å²) in [4.78, 5) is 28.9. The molecule has 0 unspecified atom stereocenters. The first-order valence-electron chi connectivity index (χ1n) is 13.4. The summed E-state index contributed by atoms with van der Waals surface area (Å²) in [5.74, 6) is 0.100. The van der Waals surface area contributed by atoms with E-state index in [0.29, 0.717) is 17.9 Å². The third-order valence-corrected chi connectivity index (χ3v) is 8.25. The second-order valence-electron chi connectivity index (χ2n) is 10.1. The van der Waals surface area contributed by atoms with Gasteiger partial charge in [-0.05, 0) is 43.9 Å². The highest BCUT2D eigenvalue weighted by atomic mass is 32.2. The highest BCUT2D eigenvalue weighted by molar-refractivity contribution is 7.92. The molecule has 2 amide bonds. The first-order valence-corrected chi connectivity index (χ1v) is 15.3. The van der Waals surface area contributed by atoms with Gasteiger partial charge in [0.05, 0.1) is 26.2 Å². The van der Waals surface area contributed by atoms with E-state index in [1.165, 1.54) is 31.6 Å². The Labute approximate surface area is 232 Å². The van der Waals surface area contributed by atoms with Crippen molar-refractivity contribution in [1.29, 1.82) is 0 Å². The smallest absolute Gasteiger partial charge is 0.244 e. The number of amides is 2. The standard InChI is InChI=1S/C29H41N3O6S/c1-6-25(29(34)30-23-13-8-7-9-14-23)31(19-22-12-10-11-21(2)17-22)28(33)20-32(39(5,35)36)24-15-16-26(37-3)27(18-24)38-4/h10-12,15-18,23,25H,6-9,13-14,19-20H2,1-5H3,(H,30,34)/t25-/m0/s1. The monoisotopic (exact) mass is 559 g/mol. The van der Waals surface area contributed by atoms with Crippen LogP contribution < -0.4 is 19.1 Å². The van der Waals surface area contributed by atoms with E-state index in [4.69, 9.17) is 9.47 Å². The molecule has 10 heteroatoms. The van der Waals surface area contributed by atoms with Gasteiger partial charge in [-0.15, -0.1) is 0 Å². The molecule has 0 spiro atoms. The Morgan fingerprint density at radius 1 is 1.03 bits per heavy atom. The predicted molar refractivity (Wildman–Crippen MR) is 153 cm³/mol. The Balaban J connectivity index is 1.94. The number of nitrogens with one attached hydrogen (secondary N) is 1. The van der Waals surface area contributed by atoms with Crippen LogP contribution in [0.5, 0.6) is 11.5 Å². The van der Waals surface area contributed by atoms with Crippen LogP contribution in [0.1, 0.15) is 56.6 Å². The lowest BCUT2D eigenvalue weighted by Crippen LogP contribution is -2.53. The van der Waals surface area contributed by atoms with Gasteiger partial charge in [-0.1, -0.05) is 56.0 Å². The van der Waals surface area contributed by atoms with Crippen molar-refractivity contribution < 1.29 is 27.5 Å². The van der Waals surface area contributed by atoms with E-state index in [-0.39, 0.29) is 24.2 Å². The Hall–Kier alpha value is -3.27. The lowest BCUT2D eigenvalue weighted by atomic mass is 9.95. The fraction of sp³-hybridized carbons (Fsp3) is 0.517. The Morgan fingerprint density at radius 3 is 2.31 bits per heavy atom. The average molecular weight is 560 g/mol. The number of ether oxygens (including phenoxy) is 2. The zero-order valence-electron chi connectivity index (χ0n) is 23.6. The molecule has 0 aliphatic heterocycles. The van der Waals surface area contributed by atoms with Crippen LogP contribution in [0.25, 0.3) is 0 Å². The molecule has 0 aromatic heterocycles. The zero-order chi connectivity index (χ0) is 28.6. The first kappa shape index (κ1) is 30.3. The van der Waals surface area contributed by atoms with Crippen molar-refractivity contribution in [1.82, 2.24) is 10.2 Å². The molecule has 0 heterocycles. The molecule has 1 atom stereocenters. The minimum absolute atomic E-state index is 0.0931. The van der Waals surface area contributed by atoms with Crippen molar-refractivity contribution in [3.05, 3.63) is 53.6 Å². The van der Waals surface area contributed by atoms with Crippen LogP contribution in [-0.4, -0.2) is 64.2 Å². The minimum Gasteiger partial charge on any atom is -0.493 e. The SMILES string of the molecule is CC[C@@H](C(=O)NC1CCCCC1)N(Cc1cccc(C)c1)C(=O)CN(c1ccc(OC)c(OC)c1)S(C)(=O)=O. The van der Waals surface area contributed by atoms with E-state index in [0.717, 1.165) is 47.4 Å². The van der Waals surface area contributed by atoms with Gasteiger partial charge in [0.15, 0.2) is 11.5 Å². The van der Waals surface area contributed by atoms with E-state index in [2.05, 4.69) is 5.32 Å². The Kier molecular flexibility index (Phi) is 10.6. The van der Waals surface area contributed by atoms with Gasteiger partial charge >= 0.3 is 0 Å². The average Bonchev–Trinajstić information content (AvgIpc) is 2.91. The number of methoxy groups -OCH3 is 2. The molecule has 1 aliphatic carbocycles. The van der Waals surface area contributed by atoms with Crippen molar-refractivity contribution in [2.45, 2.75) is 71.0 Å². The molecule has 0 radical (unpaired) electrons. The molecule has 0 bridgehead atoms. The van der Waals surface area contributed by atoms with Crippen LogP contribution in [0.2, 0.25) is 0 Å². The van der Waals surface area contributed by atoms with Gasteiger partial charge in [-0.2, -0.15) is 0 Å². The summed E-state index contributed by atoms with van der Waals surface area (Å²) in [5, 5.41) is 3.15. The number of hydrogen-bond acceptors (Lipinski definition) is 6. The van der Waals surface area contributed by atoms with Gasteiger partial charge in [-0.25, -0.2) is 8.42 Å². The van der Waals surface area contributed by atoms with Gasteiger partial charge in [0.1, 0.15) is 12.6 Å². The maximum Gasteiger partial charge on any atom is 0.244 e. The molecule has 1 saturated carbocycles. The molecular weight excluding hydrogens is 518 g/mol. The predicted octanol–water partition coefficient (Wildman–Crippen LogP) is 4.03. The maximum absolute atomic E-state index is 13.9. The third-order valence-electron chi connectivity index (χ3n) is 7.11. The molecule has 214 valence electrons. The number of sulfonamides is 1. The number of nitrogens with zero attached hydrogens (tertiary/aromatic N) is 2. The number of carbonyl (C=O) groups excluding carboxylic acids is 2. The molecular formula is C29H41N3O6S. The number of aryl methyl sites for hydroxylation is 1. The van der Waals surface area contributed by atoms with Crippen LogP contribution >= 0.6 is 0 Å². The molecule has 39 heavy (non-hydrogen) atoms. The number of benzene rings is 2. The van der Waals surface area contributed by atoms with Gasteiger partial charge in [-0.3, -0.25) is 13.9 Å². The zero-order valence-corrected chi connectivity index (χ0v) is 24.4. The fourth-order valence-corrected chi connectivity index (χ4v) is 5.91.